The topological polar surface area (TPSA) is 64.4 Å². The summed E-state index contributed by atoms with van der Waals surface area (Å²) in [6, 6.07) is 5.57. The van der Waals surface area contributed by atoms with E-state index in [2.05, 4.69) is 12.2 Å². The SMILES string of the molecule is CCC1CC(Nc2ccc([N+](=O)[O-])c(C)c2)CCO1. The Kier molecular flexibility index (Phi) is 4.37. The van der Waals surface area contributed by atoms with Crippen LogP contribution in [-0.4, -0.2) is 23.7 Å². The molecule has 19 heavy (non-hydrogen) atoms. The second kappa shape index (κ2) is 6.02. The molecule has 2 unspecified atom stereocenters. The third kappa shape index (κ3) is 3.44. The van der Waals surface area contributed by atoms with Crippen molar-refractivity contribution in [1.82, 2.24) is 0 Å². The third-order valence-electron chi connectivity index (χ3n) is 3.59. The molecule has 1 aliphatic heterocycles. The first-order chi connectivity index (χ1) is 9.10. The molecular weight excluding hydrogens is 244 g/mol. The van der Waals surface area contributed by atoms with E-state index < -0.39 is 0 Å². The van der Waals surface area contributed by atoms with Gasteiger partial charge in [0.25, 0.3) is 5.69 Å². The zero-order valence-corrected chi connectivity index (χ0v) is 11.4. The molecule has 0 aliphatic carbocycles. The summed E-state index contributed by atoms with van der Waals surface area (Å²) in [7, 11) is 0. The highest BCUT2D eigenvalue weighted by Gasteiger charge is 2.21. The Balaban J connectivity index is 2.03. The van der Waals surface area contributed by atoms with Crippen molar-refractivity contribution in [2.45, 2.75) is 45.3 Å². The van der Waals surface area contributed by atoms with Crippen molar-refractivity contribution in [2.24, 2.45) is 0 Å². The number of rotatable bonds is 4. The molecule has 2 rings (SSSR count). The summed E-state index contributed by atoms with van der Waals surface area (Å²) in [4.78, 5) is 10.4. The van der Waals surface area contributed by atoms with Crippen LogP contribution in [0.25, 0.3) is 0 Å². The minimum atomic E-state index is -0.347. The van der Waals surface area contributed by atoms with Gasteiger partial charge in [-0.05, 0) is 38.3 Å². The number of nitro groups is 1. The van der Waals surface area contributed by atoms with Crippen molar-refractivity contribution < 1.29 is 9.66 Å². The average molecular weight is 264 g/mol. The van der Waals surface area contributed by atoms with Gasteiger partial charge in [0.2, 0.25) is 0 Å². The van der Waals surface area contributed by atoms with Crippen LogP contribution in [0.4, 0.5) is 11.4 Å². The second-order valence-corrected chi connectivity index (χ2v) is 5.03. The maximum atomic E-state index is 10.8. The molecule has 1 N–H and O–H groups in total. The fraction of sp³-hybridized carbons (Fsp3) is 0.571. The minimum absolute atomic E-state index is 0.170. The van der Waals surface area contributed by atoms with Crippen LogP contribution in [0.1, 0.15) is 31.7 Å². The number of nitrogens with one attached hydrogen (secondary N) is 1. The molecular formula is C14H20N2O3. The van der Waals surface area contributed by atoms with E-state index in [1.165, 1.54) is 0 Å². The number of aryl methyl sites for hydroxylation is 1. The van der Waals surface area contributed by atoms with Gasteiger partial charge < -0.3 is 10.1 Å². The summed E-state index contributed by atoms with van der Waals surface area (Å²) >= 11 is 0. The molecule has 1 aliphatic rings. The van der Waals surface area contributed by atoms with Gasteiger partial charge in [-0.2, -0.15) is 0 Å². The number of nitrogens with zero attached hydrogens (tertiary/aromatic N) is 1. The van der Waals surface area contributed by atoms with Crippen molar-refractivity contribution in [3.63, 3.8) is 0 Å². The zero-order valence-electron chi connectivity index (χ0n) is 11.4. The van der Waals surface area contributed by atoms with E-state index in [9.17, 15) is 10.1 Å². The van der Waals surface area contributed by atoms with Gasteiger partial charge in [-0.25, -0.2) is 0 Å². The Labute approximate surface area is 113 Å². The van der Waals surface area contributed by atoms with E-state index in [4.69, 9.17) is 4.74 Å². The summed E-state index contributed by atoms with van der Waals surface area (Å²) in [6.45, 7) is 4.67. The van der Waals surface area contributed by atoms with Crippen LogP contribution in [0.5, 0.6) is 0 Å². The van der Waals surface area contributed by atoms with Crippen molar-refractivity contribution in [3.05, 3.63) is 33.9 Å². The van der Waals surface area contributed by atoms with E-state index in [0.717, 1.165) is 31.6 Å². The molecule has 1 heterocycles. The molecule has 1 aromatic carbocycles. The summed E-state index contributed by atoms with van der Waals surface area (Å²) in [5.41, 5.74) is 1.81. The summed E-state index contributed by atoms with van der Waals surface area (Å²) in [5.74, 6) is 0. The van der Waals surface area contributed by atoms with E-state index in [0.29, 0.717) is 17.7 Å². The Hall–Kier alpha value is -1.62. The molecule has 0 saturated carbocycles. The van der Waals surface area contributed by atoms with E-state index >= 15 is 0 Å². The van der Waals surface area contributed by atoms with Crippen LogP contribution in [0.2, 0.25) is 0 Å². The van der Waals surface area contributed by atoms with Gasteiger partial charge in [0.15, 0.2) is 0 Å². The monoisotopic (exact) mass is 264 g/mol. The average Bonchev–Trinajstić information content (AvgIpc) is 2.38. The predicted octanol–water partition coefficient (Wildman–Crippen LogP) is 3.27. The second-order valence-electron chi connectivity index (χ2n) is 5.03. The molecule has 2 atom stereocenters. The van der Waals surface area contributed by atoms with Crippen LogP contribution in [0.15, 0.2) is 18.2 Å². The highest BCUT2D eigenvalue weighted by Crippen LogP contribution is 2.25. The number of hydrogen-bond acceptors (Lipinski definition) is 4. The number of anilines is 1. The Morgan fingerprint density at radius 2 is 2.32 bits per heavy atom. The summed E-state index contributed by atoms with van der Waals surface area (Å²) < 4.78 is 5.64. The summed E-state index contributed by atoms with van der Waals surface area (Å²) in [6.07, 6.45) is 3.32. The molecule has 1 aromatic rings. The van der Waals surface area contributed by atoms with Crippen molar-refractivity contribution in [2.75, 3.05) is 11.9 Å². The van der Waals surface area contributed by atoms with Gasteiger partial charge in [-0.1, -0.05) is 6.92 Å². The maximum absolute atomic E-state index is 10.8. The normalized spacial score (nSPS) is 23.1. The lowest BCUT2D eigenvalue weighted by atomic mass is 10.0. The zero-order chi connectivity index (χ0) is 13.8. The Morgan fingerprint density at radius 3 is 2.95 bits per heavy atom. The number of benzene rings is 1. The first-order valence-electron chi connectivity index (χ1n) is 6.73. The van der Waals surface area contributed by atoms with Crippen LogP contribution < -0.4 is 5.32 Å². The molecule has 5 heteroatoms. The van der Waals surface area contributed by atoms with Crippen LogP contribution in [-0.2, 0) is 4.74 Å². The quantitative estimate of drug-likeness (QED) is 0.669. The minimum Gasteiger partial charge on any atom is -0.382 e. The van der Waals surface area contributed by atoms with Crippen molar-refractivity contribution >= 4 is 11.4 Å². The lowest BCUT2D eigenvalue weighted by Crippen LogP contribution is -2.33. The van der Waals surface area contributed by atoms with Crippen LogP contribution in [0, 0.1) is 17.0 Å². The molecule has 0 bridgehead atoms. The Bertz CT molecular complexity index is 462. The van der Waals surface area contributed by atoms with Gasteiger partial charge in [0.05, 0.1) is 11.0 Å². The van der Waals surface area contributed by atoms with Crippen LogP contribution in [0.3, 0.4) is 0 Å². The van der Waals surface area contributed by atoms with E-state index in [-0.39, 0.29) is 10.6 Å². The maximum Gasteiger partial charge on any atom is 0.272 e. The Morgan fingerprint density at radius 1 is 1.53 bits per heavy atom. The van der Waals surface area contributed by atoms with Gasteiger partial charge >= 0.3 is 0 Å². The fourth-order valence-corrected chi connectivity index (χ4v) is 2.48. The fourth-order valence-electron chi connectivity index (χ4n) is 2.48. The molecule has 0 radical (unpaired) electrons. The van der Waals surface area contributed by atoms with Crippen molar-refractivity contribution in [3.8, 4) is 0 Å². The molecule has 5 nitrogen and oxygen atoms in total. The molecule has 104 valence electrons. The predicted molar refractivity (Wildman–Crippen MR) is 74.5 cm³/mol. The molecule has 1 saturated heterocycles. The molecule has 0 aromatic heterocycles. The summed E-state index contributed by atoms with van der Waals surface area (Å²) in [5, 5.41) is 14.2. The van der Waals surface area contributed by atoms with Gasteiger partial charge in [-0.3, -0.25) is 10.1 Å². The standard InChI is InChI=1S/C14H20N2O3/c1-3-13-9-12(6-7-19-13)15-11-4-5-14(16(17)18)10(2)8-11/h4-5,8,12-13,15H,3,6-7,9H2,1-2H3. The van der Waals surface area contributed by atoms with Gasteiger partial charge in [-0.15, -0.1) is 0 Å². The molecule has 0 spiro atoms. The largest absolute Gasteiger partial charge is 0.382 e. The first-order valence-corrected chi connectivity index (χ1v) is 6.73. The number of hydrogen-bond donors (Lipinski definition) is 1. The van der Waals surface area contributed by atoms with Gasteiger partial charge in [0.1, 0.15) is 0 Å². The highest BCUT2D eigenvalue weighted by molar-refractivity contribution is 5.54. The lowest BCUT2D eigenvalue weighted by molar-refractivity contribution is -0.385. The van der Waals surface area contributed by atoms with E-state index in [1.807, 2.05) is 6.07 Å². The van der Waals surface area contributed by atoms with Crippen molar-refractivity contribution in [1.29, 1.82) is 0 Å². The highest BCUT2D eigenvalue weighted by atomic mass is 16.6. The lowest BCUT2D eigenvalue weighted by Gasteiger charge is -2.30. The molecule has 1 fully saturated rings. The number of nitro benzene ring substituents is 1. The van der Waals surface area contributed by atoms with Crippen LogP contribution >= 0.6 is 0 Å². The first kappa shape index (κ1) is 13.8. The third-order valence-corrected chi connectivity index (χ3v) is 3.59. The number of ether oxygens (including phenoxy) is 1. The van der Waals surface area contributed by atoms with Gasteiger partial charge in [0, 0.05) is 30.0 Å². The molecule has 0 amide bonds. The smallest absolute Gasteiger partial charge is 0.272 e. The van der Waals surface area contributed by atoms with E-state index in [1.54, 1.807) is 19.1 Å².